The largest absolute Gasteiger partial charge is 0.469 e. The highest BCUT2D eigenvalue weighted by atomic mass is 16.5. The molecular formula is C18H19N5O2. The summed E-state index contributed by atoms with van der Waals surface area (Å²) in [5, 5.41) is 13.2. The Labute approximate surface area is 145 Å². The minimum absolute atomic E-state index is 0.106. The summed E-state index contributed by atoms with van der Waals surface area (Å²) in [6, 6.07) is 13.7. The smallest absolute Gasteiger partial charge is 0.310 e. The van der Waals surface area contributed by atoms with Gasteiger partial charge in [0.1, 0.15) is 5.82 Å². The number of benzene rings is 1. The lowest BCUT2D eigenvalue weighted by Crippen LogP contribution is -2.39. The maximum atomic E-state index is 11.9. The predicted octanol–water partition coefficient (Wildman–Crippen LogP) is 2.18. The fourth-order valence-electron chi connectivity index (χ4n) is 3.26. The SMILES string of the molecule is COC(=O)[C@H]1CCCN(c2ccc3nnc(-c4ccccc4)n3n2)C1. The maximum absolute atomic E-state index is 11.9. The van der Waals surface area contributed by atoms with E-state index in [-0.39, 0.29) is 11.9 Å². The van der Waals surface area contributed by atoms with Crippen molar-refractivity contribution in [3.8, 4) is 11.4 Å². The highest BCUT2D eigenvalue weighted by Gasteiger charge is 2.27. The Morgan fingerprint density at radius 1 is 1.16 bits per heavy atom. The average molecular weight is 337 g/mol. The molecule has 2 aromatic heterocycles. The summed E-state index contributed by atoms with van der Waals surface area (Å²) in [4.78, 5) is 14.0. The van der Waals surface area contributed by atoms with Crippen LogP contribution in [-0.2, 0) is 9.53 Å². The summed E-state index contributed by atoms with van der Waals surface area (Å²) in [5.74, 6) is 1.27. The molecule has 1 fully saturated rings. The topological polar surface area (TPSA) is 72.6 Å². The van der Waals surface area contributed by atoms with Gasteiger partial charge in [-0.15, -0.1) is 15.3 Å². The van der Waals surface area contributed by atoms with Gasteiger partial charge in [0.05, 0.1) is 13.0 Å². The number of piperidine rings is 1. The van der Waals surface area contributed by atoms with Crippen LogP contribution >= 0.6 is 0 Å². The van der Waals surface area contributed by atoms with Crippen LogP contribution in [0.4, 0.5) is 5.82 Å². The molecule has 0 amide bonds. The van der Waals surface area contributed by atoms with Crippen molar-refractivity contribution in [3.05, 3.63) is 42.5 Å². The summed E-state index contributed by atoms with van der Waals surface area (Å²) in [6.07, 6.45) is 1.79. The van der Waals surface area contributed by atoms with Crippen molar-refractivity contribution in [2.24, 2.45) is 5.92 Å². The summed E-state index contributed by atoms with van der Waals surface area (Å²) in [7, 11) is 1.44. The molecule has 0 bridgehead atoms. The van der Waals surface area contributed by atoms with E-state index in [2.05, 4.69) is 15.1 Å². The Balaban J connectivity index is 1.68. The zero-order valence-corrected chi connectivity index (χ0v) is 14.0. The Morgan fingerprint density at radius 3 is 2.80 bits per heavy atom. The van der Waals surface area contributed by atoms with Gasteiger partial charge in [-0.2, -0.15) is 4.52 Å². The van der Waals surface area contributed by atoms with Gasteiger partial charge in [0, 0.05) is 18.7 Å². The Morgan fingerprint density at radius 2 is 2.00 bits per heavy atom. The molecule has 1 atom stereocenters. The molecular weight excluding hydrogens is 318 g/mol. The molecule has 7 heteroatoms. The number of aromatic nitrogens is 4. The molecule has 3 aromatic rings. The molecule has 1 saturated heterocycles. The van der Waals surface area contributed by atoms with Crippen LogP contribution < -0.4 is 4.90 Å². The first-order valence-corrected chi connectivity index (χ1v) is 8.37. The zero-order valence-electron chi connectivity index (χ0n) is 14.0. The lowest BCUT2D eigenvalue weighted by atomic mass is 9.98. The van der Waals surface area contributed by atoms with Crippen LogP contribution in [0, 0.1) is 5.92 Å². The molecule has 0 N–H and O–H groups in total. The molecule has 0 unspecified atom stereocenters. The minimum atomic E-state index is -0.153. The molecule has 25 heavy (non-hydrogen) atoms. The highest BCUT2D eigenvalue weighted by Crippen LogP contribution is 2.24. The van der Waals surface area contributed by atoms with Crippen molar-refractivity contribution in [1.82, 2.24) is 19.8 Å². The second-order valence-electron chi connectivity index (χ2n) is 6.16. The average Bonchev–Trinajstić information content (AvgIpc) is 3.11. The molecule has 1 aliphatic rings. The van der Waals surface area contributed by atoms with Gasteiger partial charge in [-0.05, 0) is 25.0 Å². The van der Waals surface area contributed by atoms with Crippen molar-refractivity contribution in [2.45, 2.75) is 12.8 Å². The number of esters is 1. The highest BCUT2D eigenvalue weighted by molar-refractivity contribution is 5.73. The molecule has 0 radical (unpaired) electrons. The van der Waals surface area contributed by atoms with Crippen LogP contribution in [0.2, 0.25) is 0 Å². The van der Waals surface area contributed by atoms with Crippen LogP contribution in [0.15, 0.2) is 42.5 Å². The first kappa shape index (κ1) is 15.6. The molecule has 1 aromatic carbocycles. The van der Waals surface area contributed by atoms with Gasteiger partial charge in [-0.3, -0.25) is 4.79 Å². The lowest BCUT2D eigenvalue weighted by Gasteiger charge is -2.32. The van der Waals surface area contributed by atoms with E-state index >= 15 is 0 Å². The quantitative estimate of drug-likeness (QED) is 0.682. The third kappa shape index (κ3) is 2.93. The summed E-state index contributed by atoms with van der Waals surface area (Å²) in [6.45, 7) is 1.49. The predicted molar refractivity (Wildman–Crippen MR) is 93.2 cm³/mol. The molecule has 0 saturated carbocycles. The second kappa shape index (κ2) is 6.51. The van der Waals surface area contributed by atoms with Crippen molar-refractivity contribution in [3.63, 3.8) is 0 Å². The van der Waals surface area contributed by atoms with Crippen molar-refractivity contribution in [1.29, 1.82) is 0 Å². The normalized spacial score (nSPS) is 17.6. The van der Waals surface area contributed by atoms with E-state index < -0.39 is 0 Å². The van der Waals surface area contributed by atoms with Gasteiger partial charge < -0.3 is 9.64 Å². The second-order valence-corrected chi connectivity index (χ2v) is 6.16. The number of carbonyl (C=O) groups is 1. The van der Waals surface area contributed by atoms with Gasteiger partial charge >= 0.3 is 5.97 Å². The van der Waals surface area contributed by atoms with Gasteiger partial charge in [0.2, 0.25) is 0 Å². The molecule has 1 aliphatic heterocycles. The van der Waals surface area contributed by atoms with E-state index in [1.165, 1.54) is 7.11 Å². The number of carbonyl (C=O) groups excluding carboxylic acids is 1. The fourth-order valence-corrected chi connectivity index (χ4v) is 3.26. The molecule has 0 aliphatic carbocycles. The summed E-state index contributed by atoms with van der Waals surface area (Å²) >= 11 is 0. The van der Waals surface area contributed by atoms with Gasteiger partial charge in [-0.25, -0.2) is 0 Å². The van der Waals surface area contributed by atoms with Crippen molar-refractivity contribution in [2.75, 3.05) is 25.1 Å². The number of rotatable bonds is 3. The van der Waals surface area contributed by atoms with E-state index in [9.17, 15) is 4.79 Å². The van der Waals surface area contributed by atoms with Crippen molar-refractivity contribution < 1.29 is 9.53 Å². The third-order valence-electron chi connectivity index (χ3n) is 4.56. The summed E-state index contributed by atoms with van der Waals surface area (Å²) in [5.41, 5.74) is 1.66. The number of fused-ring (bicyclic) bond motifs is 1. The third-order valence-corrected chi connectivity index (χ3v) is 4.56. The van der Waals surface area contributed by atoms with E-state index in [4.69, 9.17) is 9.84 Å². The van der Waals surface area contributed by atoms with Crippen LogP contribution in [-0.4, -0.2) is 46.0 Å². The number of hydrogen-bond donors (Lipinski definition) is 0. The molecule has 4 rings (SSSR count). The van der Waals surface area contributed by atoms with Gasteiger partial charge in [0.25, 0.3) is 0 Å². The monoisotopic (exact) mass is 337 g/mol. The lowest BCUT2D eigenvalue weighted by molar-refractivity contribution is -0.145. The van der Waals surface area contributed by atoms with Crippen LogP contribution in [0.1, 0.15) is 12.8 Å². The Hall–Kier alpha value is -2.96. The molecule has 7 nitrogen and oxygen atoms in total. The number of anilines is 1. The van der Waals surface area contributed by atoms with E-state index in [0.29, 0.717) is 18.0 Å². The number of nitrogens with zero attached hydrogens (tertiary/aromatic N) is 5. The number of ether oxygens (including phenoxy) is 1. The zero-order chi connectivity index (χ0) is 17.2. The van der Waals surface area contributed by atoms with Crippen molar-refractivity contribution >= 4 is 17.4 Å². The fraction of sp³-hybridized carbons (Fsp3) is 0.333. The van der Waals surface area contributed by atoms with E-state index in [1.807, 2.05) is 42.5 Å². The van der Waals surface area contributed by atoms with E-state index in [0.717, 1.165) is 30.8 Å². The van der Waals surface area contributed by atoms with Crippen LogP contribution in [0.25, 0.3) is 17.0 Å². The van der Waals surface area contributed by atoms with Gasteiger partial charge in [0.15, 0.2) is 11.5 Å². The first-order chi connectivity index (χ1) is 12.3. The Kier molecular flexibility index (Phi) is 4.05. The number of methoxy groups -OCH3 is 1. The minimum Gasteiger partial charge on any atom is -0.469 e. The van der Waals surface area contributed by atoms with Gasteiger partial charge in [-0.1, -0.05) is 30.3 Å². The molecule has 0 spiro atoms. The first-order valence-electron chi connectivity index (χ1n) is 8.37. The Bertz CT molecular complexity index is 893. The van der Waals surface area contributed by atoms with E-state index in [1.54, 1.807) is 4.52 Å². The summed E-state index contributed by atoms with van der Waals surface area (Å²) < 4.78 is 6.65. The standard InChI is InChI=1S/C18H19N5O2/c1-25-18(24)14-8-5-11-22(12-14)16-10-9-15-19-20-17(23(15)21-16)13-6-3-2-4-7-13/h2-4,6-7,9-10,14H,5,8,11-12H2,1H3/t14-/m0/s1. The molecule has 128 valence electrons. The molecule has 3 heterocycles. The maximum Gasteiger partial charge on any atom is 0.310 e. The van der Waals surface area contributed by atoms with Crippen LogP contribution in [0.5, 0.6) is 0 Å². The van der Waals surface area contributed by atoms with Crippen LogP contribution in [0.3, 0.4) is 0 Å². The number of hydrogen-bond acceptors (Lipinski definition) is 6.